The number of hydrogen-bond acceptors (Lipinski definition) is 3. The summed E-state index contributed by atoms with van der Waals surface area (Å²) in [4.78, 5) is 11.4. The van der Waals surface area contributed by atoms with Gasteiger partial charge in [-0.1, -0.05) is 42.5 Å². The van der Waals surface area contributed by atoms with E-state index >= 15 is 0 Å². The molecule has 0 saturated carbocycles. The molecule has 0 amide bonds. The van der Waals surface area contributed by atoms with Crippen molar-refractivity contribution >= 4 is 23.0 Å². The summed E-state index contributed by atoms with van der Waals surface area (Å²) in [6, 6.07) is 14.0. The minimum absolute atomic E-state index is 0.551. The van der Waals surface area contributed by atoms with Gasteiger partial charge in [0.1, 0.15) is 5.60 Å². The Hall–Kier alpha value is -2.29. The average molecular weight is 270 g/mol. The fraction of sp³-hybridized carbons (Fsp3) is 0.235. The van der Waals surface area contributed by atoms with E-state index < -0.39 is 11.8 Å². The molecule has 0 aliphatic carbocycles. The molecule has 20 heavy (non-hydrogen) atoms. The van der Waals surface area contributed by atoms with Crippen molar-refractivity contribution in [1.82, 2.24) is 0 Å². The molecular formula is C17H18O3. The number of fused-ring (bicyclic) bond motifs is 1. The van der Waals surface area contributed by atoms with E-state index in [1.165, 1.54) is 6.26 Å². The topological polar surface area (TPSA) is 35.5 Å². The maximum atomic E-state index is 11.4. The summed E-state index contributed by atoms with van der Waals surface area (Å²) in [5.74, 6) is 0. The Morgan fingerprint density at radius 1 is 1.05 bits per heavy atom. The summed E-state index contributed by atoms with van der Waals surface area (Å²) in [5, 5.41) is 2.26. The summed E-state index contributed by atoms with van der Waals surface area (Å²) in [5.41, 5.74) is 0.441. The van der Waals surface area contributed by atoms with Crippen LogP contribution in [0.4, 0.5) is 4.79 Å². The second-order valence-corrected chi connectivity index (χ2v) is 5.45. The van der Waals surface area contributed by atoms with Crippen LogP contribution in [0.1, 0.15) is 26.3 Å². The first-order chi connectivity index (χ1) is 9.46. The van der Waals surface area contributed by atoms with Crippen molar-refractivity contribution in [2.75, 3.05) is 0 Å². The van der Waals surface area contributed by atoms with Crippen LogP contribution in [-0.4, -0.2) is 11.8 Å². The number of ether oxygens (including phenoxy) is 2. The summed E-state index contributed by atoms with van der Waals surface area (Å²) in [6.07, 6.45) is 2.41. The van der Waals surface area contributed by atoms with Gasteiger partial charge >= 0.3 is 6.16 Å². The number of rotatable bonds is 2. The van der Waals surface area contributed by atoms with Crippen molar-refractivity contribution in [1.29, 1.82) is 0 Å². The smallest absolute Gasteiger partial charge is 0.428 e. The van der Waals surface area contributed by atoms with Gasteiger partial charge < -0.3 is 9.47 Å². The third-order valence-corrected chi connectivity index (χ3v) is 2.62. The van der Waals surface area contributed by atoms with Crippen LogP contribution in [0, 0.1) is 0 Å². The third kappa shape index (κ3) is 3.85. The lowest BCUT2D eigenvalue weighted by Crippen LogP contribution is -2.23. The van der Waals surface area contributed by atoms with Gasteiger partial charge in [-0.2, -0.15) is 0 Å². The van der Waals surface area contributed by atoms with Crippen molar-refractivity contribution in [3.63, 3.8) is 0 Å². The van der Waals surface area contributed by atoms with Crippen LogP contribution in [0.5, 0.6) is 0 Å². The first kappa shape index (κ1) is 14.1. The summed E-state index contributed by atoms with van der Waals surface area (Å²) in [6.45, 7) is 5.38. The molecular weight excluding hydrogens is 252 g/mol. The Bertz CT molecular complexity index is 631. The lowest BCUT2D eigenvalue weighted by Gasteiger charge is -2.17. The molecule has 0 bridgehead atoms. The van der Waals surface area contributed by atoms with E-state index in [1.807, 2.05) is 42.5 Å². The molecule has 0 atom stereocenters. The monoisotopic (exact) mass is 270 g/mol. The molecule has 0 unspecified atom stereocenters. The molecule has 0 aromatic heterocycles. The highest BCUT2D eigenvalue weighted by Crippen LogP contribution is 2.19. The Kier molecular flexibility index (Phi) is 4.08. The number of hydrogen-bond donors (Lipinski definition) is 0. The van der Waals surface area contributed by atoms with Gasteiger partial charge in [0.15, 0.2) is 0 Å². The van der Waals surface area contributed by atoms with Crippen LogP contribution >= 0.6 is 0 Å². The van der Waals surface area contributed by atoms with E-state index in [4.69, 9.17) is 9.47 Å². The van der Waals surface area contributed by atoms with Crippen molar-refractivity contribution in [3.05, 3.63) is 54.3 Å². The van der Waals surface area contributed by atoms with Crippen LogP contribution in [0.2, 0.25) is 0 Å². The average Bonchev–Trinajstić information content (AvgIpc) is 2.37. The SMILES string of the molecule is CC(C)(C)OC(=O)OC=Cc1cccc2ccccc12. The highest BCUT2D eigenvalue weighted by atomic mass is 16.7. The van der Waals surface area contributed by atoms with Gasteiger partial charge in [0.25, 0.3) is 0 Å². The molecule has 3 heteroatoms. The summed E-state index contributed by atoms with van der Waals surface area (Å²) in [7, 11) is 0. The first-order valence-electron chi connectivity index (χ1n) is 6.50. The number of benzene rings is 2. The molecule has 0 aliphatic heterocycles. The van der Waals surface area contributed by atoms with Gasteiger partial charge in [0.2, 0.25) is 0 Å². The lowest BCUT2D eigenvalue weighted by atomic mass is 10.1. The number of carbonyl (C=O) groups excluding carboxylic acids is 1. The van der Waals surface area contributed by atoms with Gasteiger partial charge in [-0.15, -0.1) is 0 Å². The zero-order valence-electron chi connectivity index (χ0n) is 11.9. The summed E-state index contributed by atoms with van der Waals surface area (Å²) >= 11 is 0. The molecule has 2 rings (SSSR count). The van der Waals surface area contributed by atoms with E-state index in [0.29, 0.717) is 0 Å². The molecule has 0 aliphatic rings. The van der Waals surface area contributed by atoms with Crippen LogP contribution in [0.25, 0.3) is 16.8 Å². The van der Waals surface area contributed by atoms with Gasteiger partial charge in [-0.3, -0.25) is 0 Å². The molecule has 0 radical (unpaired) electrons. The normalized spacial score (nSPS) is 11.8. The Morgan fingerprint density at radius 3 is 2.50 bits per heavy atom. The van der Waals surface area contributed by atoms with Crippen molar-refractivity contribution in [2.45, 2.75) is 26.4 Å². The van der Waals surface area contributed by atoms with Crippen LogP contribution in [-0.2, 0) is 9.47 Å². The van der Waals surface area contributed by atoms with E-state index in [2.05, 4.69) is 0 Å². The van der Waals surface area contributed by atoms with Crippen LogP contribution in [0.3, 0.4) is 0 Å². The van der Waals surface area contributed by atoms with Crippen molar-refractivity contribution in [3.8, 4) is 0 Å². The molecule has 0 spiro atoms. The zero-order valence-corrected chi connectivity index (χ0v) is 11.9. The van der Waals surface area contributed by atoms with Gasteiger partial charge in [-0.25, -0.2) is 4.79 Å². The van der Waals surface area contributed by atoms with Gasteiger partial charge in [-0.05, 0) is 43.2 Å². The Morgan fingerprint density at radius 2 is 1.75 bits per heavy atom. The molecule has 0 N–H and O–H groups in total. The fourth-order valence-corrected chi connectivity index (χ4v) is 1.83. The maximum absolute atomic E-state index is 11.4. The lowest BCUT2D eigenvalue weighted by molar-refractivity contribution is 0.0113. The van der Waals surface area contributed by atoms with Crippen LogP contribution < -0.4 is 0 Å². The van der Waals surface area contributed by atoms with E-state index in [-0.39, 0.29) is 0 Å². The quantitative estimate of drug-likeness (QED) is 0.583. The van der Waals surface area contributed by atoms with Gasteiger partial charge in [0, 0.05) is 0 Å². The fourth-order valence-electron chi connectivity index (χ4n) is 1.83. The summed E-state index contributed by atoms with van der Waals surface area (Å²) < 4.78 is 9.98. The molecule has 0 fully saturated rings. The van der Waals surface area contributed by atoms with Crippen molar-refractivity contribution < 1.29 is 14.3 Å². The third-order valence-electron chi connectivity index (χ3n) is 2.62. The predicted molar refractivity (Wildman–Crippen MR) is 80.3 cm³/mol. The molecule has 3 nitrogen and oxygen atoms in total. The maximum Gasteiger partial charge on any atom is 0.513 e. The number of carbonyl (C=O) groups is 1. The minimum atomic E-state index is -0.700. The molecule has 0 saturated heterocycles. The molecule has 2 aromatic rings. The standard InChI is InChI=1S/C17H18O3/c1-17(2,3)20-16(18)19-12-11-14-9-6-8-13-7-4-5-10-15(13)14/h4-12H,1-3H3. The highest BCUT2D eigenvalue weighted by molar-refractivity contribution is 5.90. The first-order valence-corrected chi connectivity index (χ1v) is 6.50. The Labute approximate surface area is 118 Å². The largest absolute Gasteiger partial charge is 0.513 e. The molecule has 104 valence electrons. The highest BCUT2D eigenvalue weighted by Gasteiger charge is 2.16. The van der Waals surface area contributed by atoms with Crippen molar-refractivity contribution in [2.24, 2.45) is 0 Å². The Balaban J connectivity index is 2.09. The zero-order chi connectivity index (χ0) is 14.6. The van der Waals surface area contributed by atoms with Gasteiger partial charge in [0.05, 0.1) is 6.26 Å². The second-order valence-electron chi connectivity index (χ2n) is 5.45. The second kappa shape index (κ2) is 5.78. The van der Waals surface area contributed by atoms with Crippen LogP contribution in [0.15, 0.2) is 48.7 Å². The van der Waals surface area contributed by atoms with E-state index in [0.717, 1.165) is 16.3 Å². The molecule has 0 heterocycles. The van der Waals surface area contributed by atoms with E-state index in [1.54, 1.807) is 26.8 Å². The predicted octanol–water partition coefficient (Wildman–Crippen LogP) is 4.76. The minimum Gasteiger partial charge on any atom is -0.428 e. The van der Waals surface area contributed by atoms with E-state index in [9.17, 15) is 4.79 Å². The molecule has 2 aromatic carbocycles.